The van der Waals surface area contributed by atoms with Crippen LogP contribution in [0.15, 0.2) is 24.3 Å². The molecule has 0 spiro atoms. The van der Waals surface area contributed by atoms with Gasteiger partial charge in [-0.3, -0.25) is 0 Å². The molecule has 0 N–H and O–H groups in total. The van der Waals surface area contributed by atoms with Gasteiger partial charge in [0.2, 0.25) is 0 Å². The van der Waals surface area contributed by atoms with Crippen molar-refractivity contribution in [3.63, 3.8) is 0 Å². The standard InChI is InChI=1S/C20H32O4/c1-4-5-6-7-8-9-10-11-12-17-13-16(19(21)23-17)14-18-15-22-20(2,3)24-18/h4,14,17-18H,1,5-13,15H2,2-3H3/b16-14-/t17-,18+/m1/s1. The van der Waals surface area contributed by atoms with Crippen LogP contribution in [0, 0.1) is 0 Å². The van der Waals surface area contributed by atoms with Crippen LogP contribution < -0.4 is 0 Å². The molecule has 24 heavy (non-hydrogen) atoms. The maximum atomic E-state index is 12.0. The van der Waals surface area contributed by atoms with Crippen LogP contribution in [0.3, 0.4) is 0 Å². The Morgan fingerprint density at radius 3 is 2.54 bits per heavy atom. The Labute approximate surface area is 146 Å². The van der Waals surface area contributed by atoms with Crippen LogP contribution in [0.25, 0.3) is 0 Å². The van der Waals surface area contributed by atoms with Crippen molar-refractivity contribution in [2.24, 2.45) is 0 Å². The van der Waals surface area contributed by atoms with Crippen molar-refractivity contribution in [3.8, 4) is 0 Å². The lowest BCUT2D eigenvalue weighted by molar-refractivity contribution is -0.139. The summed E-state index contributed by atoms with van der Waals surface area (Å²) in [5.41, 5.74) is 0.746. The van der Waals surface area contributed by atoms with Gasteiger partial charge in [0, 0.05) is 12.0 Å². The maximum absolute atomic E-state index is 12.0. The highest BCUT2D eigenvalue weighted by Crippen LogP contribution is 2.29. The van der Waals surface area contributed by atoms with E-state index >= 15 is 0 Å². The van der Waals surface area contributed by atoms with Crippen molar-refractivity contribution >= 4 is 5.97 Å². The molecule has 2 heterocycles. The molecule has 0 amide bonds. The van der Waals surface area contributed by atoms with Crippen molar-refractivity contribution in [2.75, 3.05) is 6.61 Å². The molecule has 2 aliphatic rings. The summed E-state index contributed by atoms with van der Waals surface area (Å²) in [7, 11) is 0. The molecule has 2 aliphatic heterocycles. The predicted molar refractivity (Wildman–Crippen MR) is 94.6 cm³/mol. The van der Waals surface area contributed by atoms with Gasteiger partial charge in [0.1, 0.15) is 12.2 Å². The zero-order chi connectivity index (χ0) is 17.4. The summed E-state index contributed by atoms with van der Waals surface area (Å²) in [6, 6.07) is 0. The Balaban J connectivity index is 1.61. The number of ether oxygens (including phenoxy) is 3. The molecule has 0 aromatic carbocycles. The van der Waals surface area contributed by atoms with Gasteiger partial charge in [-0.25, -0.2) is 4.79 Å². The van der Waals surface area contributed by atoms with Gasteiger partial charge >= 0.3 is 5.97 Å². The zero-order valence-corrected chi connectivity index (χ0v) is 15.2. The minimum absolute atomic E-state index is 0.0415. The van der Waals surface area contributed by atoms with Crippen molar-refractivity contribution in [3.05, 3.63) is 24.3 Å². The first kappa shape index (κ1) is 19.2. The van der Waals surface area contributed by atoms with E-state index < -0.39 is 5.79 Å². The van der Waals surface area contributed by atoms with E-state index in [0.717, 1.165) is 24.8 Å². The number of hydrogen-bond acceptors (Lipinski definition) is 4. The summed E-state index contributed by atoms with van der Waals surface area (Å²) in [5, 5.41) is 0. The van der Waals surface area contributed by atoms with E-state index in [4.69, 9.17) is 14.2 Å². The minimum Gasteiger partial charge on any atom is -0.459 e. The Kier molecular flexibility index (Phi) is 7.50. The first-order chi connectivity index (χ1) is 11.5. The molecule has 2 atom stereocenters. The summed E-state index contributed by atoms with van der Waals surface area (Å²) in [6.07, 6.45) is 14.0. The molecule has 2 rings (SSSR count). The van der Waals surface area contributed by atoms with Gasteiger partial charge in [0.15, 0.2) is 5.79 Å². The average Bonchev–Trinajstić information content (AvgIpc) is 3.04. The van der Waals surface area contributed by atoms with Crippen LogP contribution in [0.1, 0.15) is 71.6 Å². The summed E-state index contributed by atoms with van der Waals surface area (Å²) in [4.78, 5) is 12.0. The van der Waals surface area contributed by atoms with Gasteiger partial charge in [0.25, 0.3) is 0 Å². The molecule has 0 aliphatic carbocycles. The average molecular weight is 336 g/mol. The monoisotopic (exact) mass is 336 g/mol. The Bertz CT molecular complexity index is 453. The number of rotatable bonds is 10. The normalized spacial score (nSPS) is 27.6. The fourth-order valence-corrected chi connectivity index (χ4v) is 3.28. The molecule has 2 saturated heterocycles. The topological polar surface area (TPSA) is 44.8 Å². The molecule has 0 saturated carbocycles. The number of esters is 1. The van der Waals surface area contributed by atoms with Crippen molar-refractivity contribution in [1.29, 1.82) is 0 Å². The fourth-order valence-electron chi connectivity index (χ4n) is 3.28. The fraction of sp³-hybridized carbons (Fsp3) is 0.750. The number of cyclic esters (lactones) is 1. The Hall–Kier alpha value is -1.13. The smallest absolute Gasteiger partial charge is 0.334 e. The SMILES string of the molecule is C=CCCCCCCCC[C@@H]1C/C(=C/[C@H]2COC(C)(C)O2)C(=O)O1. The summed E-state index contributed by atoms with van der Waals surface area (Å²) in [6.45, 7) is 8.02. The third-order valence-electron chi connectivity index (χ3n) is 4.59. The van der Waals surface area contributed by atoms with E-state index in [1.807, 2.05) is 26.0 Å². The second-order valence-electron chi connectivity index (χ2n) is 7.28. The molecule has 4 heteroatoms. The largest absolute Gasteiger partial charge is 0.459 e. The molecule has 0 unspecified atom stereocenters. The van der Waals surface area contributed by atoms with Gasteiger partial charge in [-0.05, 0) is 45.6 Å². The molecule has 136 valence electrons. The lowest BCUT2D eigenvalue weighted by Gasteiger charge is -2.15. The van der Waals surface area contributed by atoms with Crippen LogP contribution in [0.4, 0.5) is 0 Å². The van der Waals surface area contributed by atoms with Crippen molar-refractivity contribution in [2.45, 2.75) is 89.6 Å². The van der Waals surface area contributed by atoms with Crippen LogP contribution in [-0.2, 0) is 19.0 Å². The van der Waals surface area contributed by atoms with Crippen molar-refractivity contribution in [1.82, 2.24) is 0 Å². The summed E-state index contributed by atoms with van der Waals surface area (Å²) < 4.78 is 16.7. The van der Waals surface area contributed by atoms with Crippen molar-refractivity contribution < 1.29 is 19.0 Å². The summed E-state index contributed by atoms with van der Waals surface area (Å²) >= 11 is 0. The minimum atomic E-state index is -0.560. The molecular formula is C20H32O4. The number of allylic oxidation sites excluding steroid dienone is 1. The van der Waals surface area contributed by atoms with E-state index in [1.165, 1.54) is 32.1 Å². The van der Waals surface area contributed by atoms with Gasteiger partial charge in [-0.15, -0.1) is 6.58 Å². The Morgan fingerprint density at radius 2 is 1.88 bits per heavy atom. The first-order valence-electron chi connectivity index (χ1n) is 9.34. The van der Waals surface area contributed by atoms with Gasteiger partial charge in [0.05, 0.1) is 6.61 Å². The number of carbonyl (C=O) groups excluding carboxylic acids is 1. The highest BCUT2D eigenvalue weighted by Gasteiger charge is 2.34. The Morgan fingerprint density at radius 1 is 1.17 bits per heavy atom. The number of carbonyl (C=O) groups is 1. The van der Waals surface area contributed by atoms with E-state index in [2.05, 4.69) is 6.58 Å². The van der Waals surface area contributed by atoms with E-state index in [9.17, 15) is 4.79 Å². The third-order valence-corrected chi connectivity index (χ3v) is 4.59. The quantitative estimate of drug-likeness (QED) is 0.251. The number of unbranched alkanes of at least 4 members (excludes halogenated alkanes) is 6. The van der Waals surface area contributed by atoms with Gasteiger partial charge in [-0.2, -0.15) is 0 Å². The second kappa shape index (κ2) is 9.38. The molecule has 0 bridgehead atoms. The lowest BCUT2D eigenvalue weighted by atomic mass is 10.0. The molecule has 0 aromatic heterocycles. The van der Waals surface area contributed by atoms with Crippen LogP contribution in [0.2, 0.25) is 0 Å². The highest BCUT2D eigenvalue weighted by atomic mass is 16.7. The molecule has 0 aromatic rings. The second-order valence-corrected chi connectivity index (χ2v) is 7.28. The van der Waals surface area contributed by atoms with Gasteiger partial charge in [-0.1, -0.05) is 31.8 Å². The zero-order valence-electron chi connectivity index (χ0n) is 15.2. The maximum Gasteiger partial charge on any atom is 0.334 e. The third kappa shape index (κ3) is 6.40. The van der Waals surface area contributed by atoms with Gasteiger partial charge < -0.3 is 14.2 Å². The molecule has 2 fully saturated rings. The van der Waals surface area contributed by atoms with Crippen LogP contribution >= 0.6 is 0 Å². The van der Waals surface area contributed by atoms with E-state index in [1.54, 1.807) is 0 Å². The summed E-state index contributed by atoms with van der Waals surface area (Å²) in [5.74, 6) is -0.743. The van der Waals surface area contributed by atoms with E-state index in [-0.39, 0.29) is 18.2 Å². The lowest BCUT2D eigenvalue weighted by Crippen LogP contribution is -2.21. The number of hydrogen-bond donors (Lipinski definition) is 0. The molecule has 4 nitrogen and oxygen atoms in total. The first-order valence-corrected chi connectivity index (χ1v) is 9.34. The predicted octanol–water partition coefficient (Wildman–Crippen LogP) is 4.69. The highest BCUT2D eigenvalue weighted by molar-refractivity contribution is 5.90. The molecular weight excluding hydrogens is 304 g/mol. The molecule has 0 radical (unpaired) electrons. The van der Waals surface area contributed by atoms with E-state index in [0.29, 0.717) is 13.0 Å². The van der Waals surface area contributed by atoms with Crippen LogP contribution in [-0.4, -0.2) is 30.6 Å². The van der Waals surface area contributed by atoms with Crippen LogP contribution in [0.5, 0.6) is 0 Å².